The number of ether oxygens (including phenoxy) is 2. The first kappa shape index (κ1) is 12.7. The molecule has 0 aliphatic carbocycles. The fraction of sp³-hybridized carbons (Fsp3) is 0.417. The van der Waals surface area contributed by atoms with Gasteiger partial charge in [0.25, 0.3) is 0 Å². The molecule has 0 bridgehead atoms. The van der Waals surface area contributed by atoms with E-state index in [0.29, 0.717) is 0 Å². The third kappa shape index (κ3) is 4.42. The second-order valence-corrected chi connectivity index (χ2v) is 3.50. The zero-order chi connectivity index (χ0) is 12.0. The lowest BCUT2D eigenvalue weighted by atomic mass is 10.2. The molecule has 1 aromatic rings. The second kappa shape index (κ2) is 6.25. The number of carbonyl (C=O) groups is 1. The normalized spacial score (nSPS) is 14.2. The Bertz CT molecular complexity index is 323. The van der Waals surface area contributed by atoms with Gasteiger partial charge in [-0.3, -0.25) is 4.79 Å². The second-order valence-electron chi connectivity index (χ2n) is 3.50. The Labute approximate surface area is 94.8 Å². The third-order valence-electron chi connectivity index (χ3n) is 2.02. The molecule has 0 saturated carbocycles. The molecule has 16 heavy (non-hydrogen) atoms. The molecule has 1 N–H and O–H groups in total. The van der Waals surface area contributed by atoms with Gasteiger partial charge in [0, 0.05) is 6.92 Å². The average Bonchev–Trinajstić information content (AvgIpc) is 2.26. The molecule has 0 aliphatic rings. The summed E-state index contributed by atoms with van der Waals surface area (Å²) in [6.07, 6.45) is -1.77. The van der Waals surface area contributed by atoms with Crippen molar-refractivity contribution in [3.8, 4) is 0 Å². The van der Waals surface area contributed by atoms with E-state index in [2.05, 4.69) is 0 Å². The van der Waals surface area contributed by atoms with Crippen LogP contribution in [0.3, 0.4) is 0 Å². The first-order chi connectivity index (χ1) is 7.59. The Morgan fingerprint density at radius 3 is 2.56 bits per heavy atom. The highest BCUT2D eigenvalue weighted by molar-refractivity contribution is 5.66. The van der Waals surface area contributed by atoms with Crippen LogP contribution in [0.5, 0.6) is 0 Å². The maximum atomic E-state index is 10.6. The van der Waals surface area contributed by atoms with E-state index in [1.807, 2.05) is 30.3 Å². The summed E-state index contributed by atoms with van der Waals surface area (Å²) < 4.78 is 9.96. The van der Waals surface area contributed by atoms with Gasteiger partial charge in [-0.25, -0.2) is 0 Å². The van der Waals surface area contributed by atoms with Gasteiger partial charge < -0.3 is 14.6 Å². The third-order valence-corrected chi connectivity index (χ3v) is 2.02. The quantitative estimate of drug-likeness (QED) is 0.608. The van der Waals surface area contributed by atoms with E-state index in [4.69, 9.17) is 9.47 Å². The number of aliphatic hydroxyl groups excluding tert-OH is 1. The van der Waals surface area contributed by atoms with Crippen LogP contribution in [0.4, 0.5) is 0 Å². The van der Waals surface area contributed by atoms with Gasteiger partial charge in [0.15, 0.2) is 6.29 Å². The van der Waals surface area contributed by atoms with Crippen LogP contribution in [0.1, 0.15) is 19.4 Å². The van der Waals surface area contributed by atoms with Gasteiger partial charge in [-0.2, -0.15) is 0 Å². The molecule has 2 atom stereocenters. The maximum absolute atomic E-state index is 10.6. The number of carbonyl (C=O) groups excluding carboxylic acids is 1. The Hall–Kier alpha value is -1.39. The van der Waals surface area contributed by atoms with Crippen molar-refractivity contribution in [3.63, 3.8) is 0 Å². The molecule has 4 nitrogen and oxygen atoms in total. The van der Waals surface area contributed by atoms with Gasteiger partial charge in [0.1, 0.15) is 6.10 Å². The fourth-order valence-electron chi connectivity index (χ4n) is 1.21. The van der Waals surface area contributed by atoms with Gasteiger partial charge in [-0.05, 0) is 12.5 Å². The van der Waals surface area contributed by atoms with E-state index < -0.39 is 18.4 Å². The topological polar surface area (TPSA) is 55.8 Å². The monoisotopic (exact) mass is 224 g/mol. The van der Waals surface area contributed by atoms with Crippen molar-refractivity contribution in [1.29, 1.82) is 0 Å². The molecule has 0 amide bonds. The van der Waals surface area contributed by atoms with Crippen molar-refractivity contribution < 1.29 is 19.4 Å². The molecular formula is C12H16O4. The minimum absolute atomic E-state index is 0.285. The van der Waals surface area contributed by atoms with Crippen molar-refractivity contribution in [2.75, 3.05) is 0 Å². The summed E-state index contributed by atoms with van der Waals surface area (Å²) in [7, 11) is 0. The molecule has 1 aromatic carbocycles. The van der Waals surface area contributed by atoms with Crippen molar-refractivity contribution in [2.24, 2.45) is 0 Å². The number of rotatable bonds is 5. The van der Waals surface area contributed by atoms with Gasteiger partial charge >= 0.3 is 5.97 Å². The molecule has 1 rings (SSSR count). The number of aliphatic hydroxyl groups is 1. The Morgan fingerprint density at radius 2 is 2.00 bits per heavy atom. The lowest BCUT2D eigenvalue weighted by Gasteiger charge is -2.18. The molecule has 0 radical (unpaired) electrons. The molecule has 2 unspecified atom stereocenters. The van der Waals surface area contributed by atoms with E-state index in [-0.39, 0.29) is 6.61 Å². The molecule has 4 heteroatoms. The minimum atomic E-state index is -1.11. The van der Waals surface area contributed by atoms with Gasteiger partial charge in [-0.1, -0.05) is 30.3 Å². The van der Waals surface area contributed by atoms with Crippen LogP contribution in [-0.2, 0) is 20.9 Å². The predicted molar refractivity (Wildman–Crippen MR) is 58.5 cm³/mol. The molecule has 0 aliphatic heterocycles. The number of benzene rings is 1. The van der Waals surface area contributed by atoms with E-state index in [9.17, 15) is 9.90 Å². The number of hydrogen-bond acceptors (Lipinski definition) is 4. The van der Waals surface area contributed by atoms with Gasteiger partial charge in [-0.15, -0.1) is 0 Å². The first-order valence-electron chi connectivity index (χ1n) is 5.10. The molecule has 88 valence electrons. The minimum Gasteiger partial charge on any atom is -0.457 e. The van der Waals surface area contributed by atoms with Crippen molar-refractivity contribution in [3.05, 3.63) is 35.9 Å². The Morgan fingerprint density at radius 1 is 1.38 bits per heavy atom. The predicted octanol–water partition coefficient (Wildman–Crippen LogP) is 1.47. The van der Waals surface area contributed by atoms with E-state index in [1.165, 1.54) is 6.92 Å². The van der Waals surface area contributed by atoms with E-state index in [1.54, 1.807) is 6.92 Å². The highest BCUT2D eigenvalue weighted by Crippen LogP contribution is 2.06. The van der Waals surface area contributed by atoms with Crippen LogP contribution < -0.4 is 0 Å². The van der Waals surface area contributed by atoms with Crippen LogP contribution in [0.25, 0.3) is 0 Å². The van der Waals surface area contributed by atoms with Crippen LogP contribution in [0, 0.1) is 0 Å². The lowest BCUT2D eigenvalue weighted by molar-refractivity contribution is -0.188. The van der Waals surface area contributed by atoms with Crippen LogP contribution in [0.2, 0.25) is 0 Å². The summed E-state index contributed by atoms with van der Waals surface area (Å²) >= 11 is 0. The summed E-state index contributed by atoms with van der Waals surface area (Å²) in [4.78, 5) is 10.6. The highest BCUT2D eigenvalue weighted by Gasteiger charge is 2.17. The molecule has 0 spiro atoms. The van der Waals surface area contributed by atoms with Gasteiger partial charge in [0.05, 0.1) is 6.61 Å². The standard InChI is InChI=1S/C12H16O4/c1-9(16-10(2)13)12(14)15-8-11-6-4-3-5-7-11/h3-7,9,12,14H,8H2,1-2H3. The first-order valence-corrected chi connectivity index (χ1v) is 5.10. The summed E-state index contributed by atoms with van der Waals surface area (Å²) in [6, 6.07) is 9.47. The zero-order valence-electron chi connectivity index (χ0n) is 9.42. The zero-order valence-corrected chi connectivity index (χ0v) is 9.42. The van der Waals surface area contributed by atoms with Crippen LogP contribution in [0.15, 0.2) is 30.3 Å². The van der Waals surface area contributed by atoms with Crippen molar-refractivity contribution >= 4 is 5.97 Å². The molecular weight excluding hydrogens is 208 g/mol. The molecule has 0 fully saturated rings. The smallest absolute Gasteiger partial charge is 0.303 e. The maximum Gasteiger partial charge on any atom is 0.303 e. The largest absolute Gasteiger partial charge is 0.457 e. The van der Waals surface area contributed by atoms with Crippen molar-refractivity contribution in [1.82, 2.24) is 0 Å². The number of esters is 1. The Balaban J connectivity index is 2.35. The van der Waals surface area contributed by atoms with Crippen molar-refractivity contribution in [2.45, 2.75) is 32.8 Å². The Kier molecular flexibility index (Phi) is 4.95. The van der Waals surface area contributed by atoms with E-state index in [0.717, 1.165) is 5.56 Å². The SMILES string of the molecule is CC(=O)OC(C)C(O)OCc1ccccc1. The lowest BCUT2D eigenvalue weighted by Crippen LogP contribution is -2.30. The molecule has 0 aromatic heterocycles. The average molecular weight is 224 g/mol. The summed E-state index contributed by atoms with van der Waals surface area (Å²) in [6.45, 7) is 3.16. The number of hydrogen-bond donors (Lipinski definition) is 1. The summed E-state index contributed by atoms with van der Waals surface area (Å²) in [5, 5.41) is 9.53. The highest BCUT2D eigenvalue weighted by atomic mass is 16.6. The summed E-state index contributed by atoms with van der Waals surface area (Å²) in [5.41, 5.74) is 0.955. The van der Waals surface area contributed by atoms with Gasteiger partial charge in [0.2, 0.25) is 0 Å². The fourth-order valence-corrected chi connectivity index (χ4v) is 1.21. The molecule has 0 saturated heterocycles. The van der Waals surface area contributed by atoms with E-state index >= 15 is 0 Å². The van der Waals surface area contributed by atoms with Crippen LogP contribution in [-0.4, -0.2) is 23.5 Å². The molecule has 0 heterocycles. The summed E-state index contributed by atoms with van der Waals surface area (Å²) in [5.74, 6) is -0.435. The van der Waals surface area contributed by atoms with Crippen LogP contribution >= 0.6 is 0 Å².